The molecule has 0 fully saturated rings. The molecule has 2 aromatic carbocycles. The van der Waals surface area contributed by atoms with Crippen molar-refractivity contribution in [3.05, 3.63) is 65.1 Å². The van der Waals surface area contributed by atoms with Crippen molar-refractivity contribution in [2.45, 2.75) is 6.54 Å². The first-order chi connectivity index (χ1) is 9.15. The summed E-state index contributed by atoms with van der Waals surface area (Å²) in [6, 6.07) is 12.2. The lowest BCUT2D eigenvalue weighted by Gasteiger charge is -2.09. The van der Waals surface area contributed by atoms with Crippen LogP contribution in [0.15, 0.2) is 48.7 Å². The molecule has 0 aliphatic heterocycles. The molecule has 1 heterocycles. The van der Waals surface area contributed by atoms with Crippen LogP contribution >= 0.6 is 11.6 Å². The van der Waals surface area contributed by atoms with E-state index in [1.807, 2.05) is 35.0 Å². The Morgan fingerprint density at radius 1 is 1.16 bits per heavy atom. The molecule has 0 aliphatic rings. The summed E-state index contributed by atoms with van der Waals surface area (Å²) in [6.07, 6.45) is 1.96. The first-order valence-electron chi connectivity index (χ1n) is 5.92. The first kappa shape index (κ1) is 12.1. The molecule has 2 nitrogen and oxygen atoms in total. The van der Waals surface area contributed by atoms with Gasteiger partial charge in [0.05, 0.1) is 11.2 Å². The average molecular weight is 275 g/mol. The summed E-state index contributed by atoms with van der Waals surface area (Å²) in [6.45, 7) is 0.566. The van der Waals surface area contributed by atoms with E-state index in [2.05, 4.69) is 0 Å². The Balaban J connectivity index is 2.06. The van der Waals surface area contributed by atoms with Crippen molar-refractivity contribution in [2.24, 2.45) is 0 Å². The van der Waals surface area contributed by atoms with Crippen LogP contribution in [0.25, 0.3) is 10.9 Å². The van der Waals surface area contributed by atoms with Gasteiger partial charge in [-0.1, -0.05) is 29.8 Å². The van der Waals surface area contributed by atoms with Crippen LogP contribution in [0.4, 0.5) is 10.1 Å². The number of hydrogen-bond donors (Lipinski definition) is 1. The van der Waals surface area contributed by atoms with Gasteiger partial charge in [0.25, 0.3) is 0 Å². The molecule has 2 N–H and O–H groups in total. The Morgan fingerprint density at radius 3 is 2.79 bits per heavy atom. The van der Waals surface area contributed by atoms with Crippen LogP contribution in [0, 0.1) is 5.82 Å². The number of rotatable bonds is 2. The van der Waals surface area contributed by atoms with Crippen LogP contribution in [0.1, 0.15) is 5.56 Å². The van der Waals surface area contributed by atoms with E-state index in [0.717, 1.165) is 22.2 Å². The normalized spacial score (nSPS) is 11.1. The minimum Gasteiger partial charge on any atom is -0.397 e. The number of aromatic nitrogens is 1. The molecular weight excluding hydrogens is 263 g/mol. The second-order valence-corrected chi connectivity index (χ2v) is 4.87. The number of nitrogen functional groups attached to an aromatic ring is 1. The zero-order chi connectivity index (χ0) is 13.4. The maximum atomic E-state index is 13.0. The highest BCUT2D eigenvalue weighted by Crippen LogP contribution is 2.25. The number of anilines is 1. The maximum absolute atomic E-state index is 13.0. The molecule has 0 unspecified atom stereocenters. The molecule has 0 saturated heterocycles. The van der Waals surface area contributed by atoms with Crippen LogP contribution in [-0.4, -0.2) is 4.57 Å². The van der Waals surface area contributed by atoms with Crippen LogP contribution in [0.2, 0.25) is 5.02 Å². The lowest BCUT2D eigenvalue weighted by atomic mass is 10.2. The van der Waals surface area contributed by atoms with Crippen molar-refractivity contribution >= 4 is 28.2 Å². The van der Waals surface area contributed by atoms with Crippen molar-refractivity contribution in [3.63, 3.8) is 0 Å². The van der Waals surface area contributed by atoms with Crippen molar-refractivity contribution in [2.75, 3.05) is 5.73 Å². The lowest BCUT2D eigenvalue weighted by Crippen LogP contribution is -2.01. The van der Waals surface area contributed by atoms with Gasteiger partial charge in [0.15, 0.2) is 0 Å². The number of nitrogens with two attached hydrogens (primary N) is 1. The van der Waals surface area contributed by atoms with Gasteiger partial charge in [0.1, 0.15) is 5.82 Å². The Hall–Kier alpha value is -2.00. The third-order valence-electron chi connectivity index (χ3n) is 3.18. The molecule has 19 heavy (non-hydrogen) atoms. The van der Waals surface area contributed by atoms with Crippen LogP contribution < -0.4 is 5.73 Å². The van der Waals surface area contributed by atoms with Gasteiger partial charge in [-0.3, -0.25) is 0 Å². The summed E-state index contributed by atoms with van der Waals surface area (Å²) < 4.78 is 15.0. The molecule has 0 spiro atoms. The fourth-order valence-corrected chi connectivity index (χ4v) is 2.48. The zero-order valence-corrected chi connectivity index (χ0v) is 10.9. The number of para-hydroxylation sites is 1. The molecular formula is C15H12ClFN2. The third kappa shape index (κ3) is 2.17. The van der Waals surface area contributed by atoms with Gasteiger partial charge in [-0.15, -0.1) is 0 Å². The van der Waals surface area contributed by atoms with Crippen molar-refractivity contribution in [3.8, 4) is 0 Å². The van der Waals surface area contributed by atoms with Gasteiger partial charge >= 0.3 is 0 Å². The Morgan fingerprint density at radius 2 is 2.00 bits per heavy atom. The molecule has 0 atom stereocenters. The monoisotopic (exact) mass is 274 g/mol. The molecule has 1 aromatic heterocycles. The van der Waals surface area contributed by atoms with E-state index in [1.165, 1.54) is 12.1 Å². The minimum atomic E-state index is -0.328. The molecule has 3 aromatic rings. The van der Waals surface area contributed by atoms with Crippen LogP contribution in [0.5, 0.6) is 0 Å². The van der Waals surface area contributed by atoms with Gasteiger partial charge in [-0.05, 0) is 29.8 Å². The molecule has 4 heteroatoms. The number of nitrogens with zero attached hydrogens (tertiary/aromatic N) is 1. The molecule has 0 saturated carbocycles. The summed E-state index contributed by atoms with van der Waals surface area (Å²) in [7, 11) is 0. The first-order valence-corrected chi connectivity index (χ1v) is 6.30. The largest absolute Gasteiger partial charge is 0.397 e. The maximum Gasteiger partial charge on any atom is 0.124 e. The lowest BCUT2D eigenvalue weighted by molar-refractivity contribution is 0.626. The average Bonchev–Trinajstić information content (AvgIpc) is 2.77. The summed E-state index contributed by atoms with van der Waals surface area (Å²) in [5.41, 5.74) is 8.57. The SMILES string of the molecule is Nc1cccc2ccn(Cc3ccc(F)cc3Cl)c12. The van der Waals surface area contributed by atoms with Crippen molar-refractivity contribution < 1.29 is 4.39 Å². The fourth-order valence-electron chi connectivity index (χ4n) is 2.26. The topological polar surface area (TPSA) is 30.9 Å². The van der Waals surface area contributed by atoms with Gasteiger partial charge in [-0.25, -0.2) is 4.39 Å². The Labute approximate surface area is 115 Å². The smallest absolute Gasteiger partial charge is 0.124 e. The molecule has 3 rings (SSSR count). The summed E-state index contributed by atoms with van der Waals surface area (Å²) in [4.78, 5) is 0. The van der Waals surface area contributed by atoms with Crippen LogP contribution in [0.3, 0.4) is 0 Å². The van der Waals surface area contributed by atoms with Crippen molar-refractivity contribution in [1.29, 1.82) is 0 Å². The fraction of sp³-hybridized carbons (Fsp3) is 0.0667. The Kier molecular flexibility index (Phi) is 2.91. The molecule has 0 radical (unpaired) electrons. The second kappa shape index (κ2) is 4.59. The highest BCUT2D eigenvalue weighted by Gasteiger charge is 2.07. The van der Waals surface area contributed by atoms with Gasteiger partial charge in [0.2, 0.25) is 0 Å². The number of benzene rings is 2. The van der Waals surface area contributed by atoms with E-state index in [1.54, 1.807) is 6.07 Å². The molecule has 0 aliphatic carbocycles. The highest BCUT2D eigenvalue weighted by atomic mass is 35.5. The summed E-state index contributed by atoms with van der Waals surface area (Å²) in [5.74, 6) is -0.328. The van der Waals surface area contributed by atoms with E-state index in [-0.39, 0.29) is 5.82 Å². The van der Waals surface area contributed by atoms with E-state index in [4.69, 9.17) is 17.3 Å². The quantitative estimate of drug-likeness (QED) is 0.702. The third-order valence-corrected chi connectivity index (χ3v) is 3.53. The molecule has 0 amide bonds. The van der Waals surface area contributed by atoms with E-state index >= 15 is 0 Å². The number of halogens is 2. The van der Waals surface area contributed by atoms with Gasteiger partial charge in [-0.2, -0.15) is 0 Å². The van der Waals surface area contributed by atoms with Crippen molar-refractivity contribution in [1.82, 2.24) is 4.57 Å². The van der Waals surface area contributed by atoms with E-state index < -0.39 is 0 Å². The highest BCUT2D eigenvalue weighted by molar-refractivity contribution is 6.31. The Bertz CT molecular complexity index is 749. The predicted molar refractivity (Wildman–Crippen MR) is 76.9 cm³/mol. The zero-order valence-electron chi connectivity index (χ0n) is 10.1. The number of fused-ring (bicyclic) bond motifs is 1. The van der Waals surface area contributed by atoms with E-state index in [9.17, 15) is 4.39 Å². The number of hydrogen-bond acceptors (Lipinski definition) is 1. The standard InChI is InChI=1S/C15H12ClFN2/c16-13-8-12(17)5-4-11(13)9-19-7-6-10-2-1-3-14(18)15(10)19/h1-8H,9,18H2. The molecule has 0 bridgehead atoms. The second-order valence-electron chi connectivity index (χ2n) is 4.46. The van der Waals surface area contributed by atoms with Crippen LogP contribution in [-0.2, 0) is 6.54 Å². The summed E-state index contributed by atoms with van der Waals surface area (Å²) in [5, 5.41) is 1.51. The minimum absolute atomic E-state index is 0.328. The predicted octanol–water partition coefficient (Wildman–Crippen LogP) is 4.06. The van der Waals surface area contributed by atoms with Gasteiger partial charge in [0, 0.05) is 23.2 Å². The van der Waals surface area contributed by atoms with Gasteiger partial charge < -0.3 is 10.3 Å². The van der Waals surface area contributed by atoms with E-state index in [0.29, 0.717) is 11.6 Å². The molecule has 96 valence electrons. The summed E-state index contributed by atoms with van der Waals surface area (Å²) >= 11 is 6.05.